The minimum Gasteiger partial charge on any atom is -0.329 e. The van der Waals surface area contributed by atoms with E-state index in [1.165, 1.54) is 0 Å². The van der Waals surface area contributed by atoms with Crippen molar-refractivity contribution in [3.05, 3.63) is 0 Å². The second-order valence-electron chi connectivity index (χ2n) is 1.38. The van der Waals surface area contributed by atoms with Crippen molar-refractivity contribution >= 4 is 47.8 Å². The van der Waals surface area contributed by atoms with Gasteiger partial charge in [0.25, 0.3) is 0 Å². The van der Waals surface area contributed by atoms with Crippen LogP contribution in [0.2, 0.25) is 0 Å². The van der Waals surface area contributed by atoms with E-state index < -0.39 is 2.14 Å². The van der Waals surface area contributed by atoms with Crippen LogP contribution in [0.1, 0.15) is 0 Å². The van der Waals surface area contributed by atoms with Gasteiger partial charge in [0.1, 0.15) is 0 Å². The van der Waals surface area contributed by atoms with Gasteiger partial charge < -0.3 is 11.5 Å². The smallest absolute Gasteiger partial charge is 0.151 e. The first-order valence-electron chi connectivity index (χ1n) is 2.01. The largest absolute Gasteiger partial charge is 0.329 e. The van der Waals surface area contributed by atoms with E-state index in [0.29, 0.717) is 6.54 Å². The molecule has 0 saturated carbocycles. The predicted octanol–water partition coefficient (Wildman–Crippen LogP) is 1.11. The fourth-order valence-corrected chi connectivity index (χ4v) is 0.694. The summed E-state index contributed by atoms with van der Waals surface area (Å²) in [6, 6.07) is -0.123. The van der Waals surface area contributed by atoms with Gasteiger partial charge >= 0.3 is 0 Å². The van der Waals surface area contributed by atoms with Gasteiger partial charge in [-0.1, -0.05) is 47.8 Å². The molecular formula is C3H7Br3N2. The van der Waals surface area contributed by atoms with Gasteiger partial charge in [0.05, 0.1) is 6.04 Å². The van der Waals surface area contributed by atoms with E-state index in [-0.39, 0.29) is 6.04 Å². The Kier molecular flexibility index (Phi) is 4.11. The van der Waals surface area contributed by atoms with Crippen LogP contribution in [0.4, 0.5) is 0 Å². The van der Waals surface area contributed by atoms with Crippen LogP contribution in [0.3, 0.4) is 0 Å². The SMILES string of the molecule is NCC(N)C(Br)(Br)Br. The summed E-state index contributed by atoms with van der Waals surface area (Å²) in [5.74, 6) is 0. The van der Waals surface area contributed by atoms with Crippen molar-refractivity contribution in [2.45, 2.75) is 8.18 Å². The van der Waals surface area contributed by atoms with Crippen molar-refractivity contribution in [1.82, 2.24) is 0 Å². The van der Waals surface area contributed by atoms with E-state index >= 15 is 0 Å². The third-order valence-electron chi connectivity index (χ3n) is 0.674. The summed E-state index contributed by atoms with van der Waals surface area (Å²) in [7, 11) is 0. The molecule has 0 aliphatic carbocycles. The zero-order chi connectivity index (χ0) is 6.78. The van der Waals surface area contributed by atoms with Crippen LogP contribution in [0.5, 0.6) is 0 Å². The van der Waals surface area contributed by atoms with Crippen molar-refractivity contribution in [2.75, 3.05) is 6.54 Å². The highest BCUT2D eigenvalue weighted by Gasteiger charge is 2.25. The molecular weight excluding hydrogens is 304 g/mol. The molecule has 0 rings (SSSR count). The lowest BCUT2D eigenvalue weighted by atomic mass is 10.4. The van der Waals surface area contributed by atoms with Gasteiger partial charge in [-0.15, -0.1) is 0 Å². The van der Waals surface area contributed by atoms with Gasteiger partial charge in [-0.3, -0.25) is 0 Å². The Morgan fingerprint density at radius 3 is 1.75 bits per heavy atom. The second kappa shape index (κ2) is 3.51. The topological polar surface area (TPSA) is 52.0 Å². The molecule has 0 aliphatic heterocycles. The maximum Gasteiger partial charge on any atom is 0.151 e. The highest BCUT2D eigenvalue weighted by atomic mass is 80.0. The standard InChI is InChI=1S/C3H7Br3N2/c4-3(5,6)2(8)1-7/h2H,1,7-8H2. The quantitative estimate of drug-likeness (QED) is 0.713. The van der Waals surface area contributed by atoms with E-state index in [9.17, 15) is 0 Å². The Balaban J connectivity index is 3.62. The first-order valence-corrected chi connectivity index (χ1v) is 4.38. The van der Waals surface area contributed by atoms with Gasteiger partial charge in [-0.25, -0.2) is 0 Å². The van der Waals surface area contributed by atoms with E-state index in [2.05, 4.69) is 47.8 Å². The molecule has 0 amide bonds. The Bertz CT molecular complexity index is 69.4. The van der Waals surface area contributed by atoms with Crippen LogP contribution in [0.25, 0.3) is 0 Å². The third kappa shape index (κ3) is 3.40. The molecule has 0 spiro atoms. The van der Waals surface area contributed by atoms with Crippen LogP contribution in [0.15, 0.2) is 0 Å². The van der Waals surface area contributed by atoms with Gasteiger partial charge in [-0.2, -0.15) is 0 Å². The molecule has 0 bridgehead atoms. The Hall–Kier alpha value is 1.36. The highest BCUT2D eigenvalue weighted by molar-refractivity contribution is 9.39. The molecule has 1 unspecified atom stereocenters. The fourth-order valence-electron chi connectivity index (χ4n) is 0.134. The molecule has 0 aromatic rings. The monoisotopic (exact) mass is 308 g/mol. The van der Waals surface area contributed by atoms with Crippen LogP contribution < -0.4 is 11.5 Å². The maximum atomic E-state index is 5.48. The van der Waals surface area contributed by atoms with E-state index in [1.807, 2.05) is 0 Å². The summed E-state index contributed by atoms with van der Waals surface area (Å²) in [6.07, 6.45) is 0. The van der Waals surface area contributed by atoms with Gasteiger partial charge in [0.15, 0.2) is 2.14 Å². The molecule has 0 saturated heterocycles. The molecule has 50 valence electrons. The Morgan fingerprint density at radius 1 is 1.38 bits per heavy atom. The van der Waals surface area contributed by atoms with Crippen LogP contribution in [0, 0.1) is 0 Å². The first kappa shape index (κ1) is 9.36. The number of nitrogens with two attached hydrogens (primary N) is 2. The van der Waals surface area contributed by atoms with Gasteiger partial charge in [0.2, 0.25) is 0 Å². The highest BCUT2D eigenvalue weighted by Crippen LogP contribution is 2.35. The zero-order valence-corrected chi connectivity index (χ0v) is 8.83. The van der Waals surface area contributed by atoms with Crippen LogP contribution in [-0.2, 0) is 0 Å². The molecule has 0 heterocycles. The Labute approximate surface area is 73.8 Å². The second-order valence-corrected chi connectivity index (χ2v) is 8.33. The predicted molar refractivity (Wildman–Crippen MR) is 46.5 cm³/mol. The average Bonchev–Trinajstić information content (AvgIpc) is 1.62. The molecule has 5 heteroatoms. The first-order chi connectivity index (χ1) is 3.48. The van der Waals surface area contributed by atoms with E-state index in [1.54, 1.807) is 0 Å². The zero-order valence-electron chi connectivity index (χ0n) is 4.07. The molecule has 0 fully saturated rings. The summed E-state index contributed by atoms with van der Waals surface area (Å²) in [4.78, 5) is 0. The summed E-state index contributed by atoms with van der Waals surface area (Å²) >= 11 is 9.70. The van der Waals surface area contributed by atoms with Crippen LogP contribution >= 0.6 is 47.8 Å². The Morgan fingerprint density at radius 2 is 1.75 bits per heavy atom. The summed E-state index contributed by atoms with van der Waals surface area (Å²) < 4.78 is -0.401. The normalized spacial score (nSPS) is 16.1. The summed E-state index contributed by atoms with van der Waals surface area (Å²) in [6.45, 7) is 0.432. The van der Waals surface area contributed by atoms with Crippen molar-refractivity contribution in [2.24, 2.45) is 11.5 Å². The lowest BCUT2D eigenvalue weighted by Crippen LogP contribution is -2.40. The molecule has 0 aromatic heterocycles. The summed E-state index contributed by atoms with van der Waals surface area (Å²) in [5, 5.41) is 0. The number of alkyl halides is 3. The van der Waals surface area contributed by atoms with E-state index in [0.717, 1.165) is 0 Å². The van der Waals surface area contributed by atoms with E-state index in [4.69, 9.17) is 11.5 Å². The average molecular weight is 311 g/mol. The molecule has 1 atom stereocenters. The maximum absolute atomic E-state index is 5.48. The molecule has 2 nitrogen and oxygen atoms in total. The lowest BCUT2D eigenvalue weighted by molar-refractivity contribution is 0.734. The number of rotatable bonds is 1. The summed E-state index contributed by atoms with van der Waals surface area (Å²) in [5.41, 5.74) is 10.7. The van der Waals surface area contributed by atoms with Crippen molar-refractivity contribution < 1.29 is 0 Å². The number of halogens is 3. The van der Waals surface area contributed by atoms with Crippen molar-refractivity contribution in [3.8, 4) is 0 Å². The number of hydrogen-bond acceptors (Lipinski definition) is 2. The number of hydrogen-bond donors (Lipinski definition) is 2. The minimum atomic E-state index is -0.401. The van der Waals surface area contributed by atoms with Crippen molar-refractivity contribution in [3.63, 3.8) is 0 Å². The van der Waals surface area contributed by atoms with Crippen molar-refractivity contribution in [1.29, 1.82) is 0 Å². The fraction of sp³-hybridized carbons (Fsp3) is 1.00. The van der Waals surface area contributed by atoms with Crippen LogP contribution in [-0.4, -0.2) is 14.7 Å². The van der Waals surface area contributed by atoms with Gasteiger partial charge in [0, 0.05) is 6.54 Å². The lowest BCUT2D eigenvalue weighted by Gasteiger charge is -2.18. The minimum absolute atomic E-state index is 0.123. The third-order valence-corrected chi connectivity index (χ3v) is 2.44. The molecule has 4 N–H and O–H groups in total. The molecule has 8 heavy (non-hydrogen) atoms. The molecule has 0 aromatic carbocycles. The molecule has 0 aliphatic rings. The van der Waals surface area contributed by atoms with Gasteiger partial charge in [-0.05, 0) is 0 Å². The molecule has 0 radical (unpaired) electrons.